The Hall–Kier alpha value is -1.94. The highest BCUT2D eigenvalue weighted by Gasteiger charge is 2.39. The van der Waals surface area contributed by atoms with Crippen molar-refractivity contribution in [3.05, 3.63) is 46.9 Å². The fourth-order valence-electron chi connectivity index (χ4n) is 3.64. The lowest BCUT2D eigenvalue weighted by molar-refractivity contribution is -0.120. The van der Waals surface area contributed by atoms with Gasteiger partial charge in [-0.15, -0.1) is 11.3 Å². The second-order valence-corrected chi connectivity index (χ2v) is 7.57. The first-order chi connectivity index (χ1) is 11.1. The first-order valence-electron chi connectivity index (χ1n) is 8.12. The molecule has 4 rings (SSSR count). The lowest BCUT2D eigenvalue weighted by Crippen LogP contribution is -2.25. The SMILES string of the molecule is Cc1ccc(-c2csc(NC(=O)[C@H]3C[C@H]4C=C[C@@H]3C4)n2)cc1C. The Bertz CT molecular complexity index is 792. The lowest BCUT2D eigenvalue weighted by atomic mass is 9.93. The summed E-state index contributed by atoms with van der Waals surface area (Å²) in [5.41, 5.74) is 4.57. The van der Waals surface area contributed by atoms with Crippen LogP contribution in [0.3, 0.4) is 0 Å². The molecule has 1 aromatic heterocycles. The van der Waals surface area contributed by atoms with E-state index in [2.05, 4.69) is 54.5 Å². The van der Waals surface area contributed by atoms with E-state index in [1.807, 2.05) is 5.38 Å². The molecule has 1 amide bonds. The van der Waals surface area contributed by atoms with E-state index < -0.39 is 0 Å². The van der Waals surface area contributed by atoms with E-state index in [9.17, 15) is 4.79 Å². The number of amides is 1. The molecule has 2 bridgehead atoms. The van der Waals surface area contributed by atoms with Gasteiger partial charge in [-0.05, 0) is 55.7 Å². The molecule has 2 aromatic rings. The summed E-state index contributed by atoms with van der Waals surface area (Å²) in [6.07, 6.45) is 6.60. The molecule has 2 aliphatic rings. The van der Waals surface area contributed by atoms with Crippen molar-refractivity contribution in [2.75, 3.05) is 5.32 Å². The molecule has 0 saturated heterocycles. The van der Waals surface area contributed by atoms with Gasteiger partial charge in [-0.1, -0.05) is 24.3 Å². The Balaban J connectivity index is 1.48. The van der Waals surface area contributed by atoms with Crippen LogP contribution in [0.4, 0.5) is 5.13 Å². The molecule has 1 saturated carbocycles. The smallest absolute Gasteiger partial charge is 0.229 e. The fraction of sp³-hybridized carbons (Fsp3) is 0.368. The van der Waals surface area contributed by atoms with Crippen molar-refractivity contribution >= 4 is 22.4 Å². The Morgan fingerprint density at radius 3 is 2.78 bits per heavy atom. The van der Waals surface area contributed by atoms with Crippen molar-refractivity contribution in [2.24, 2.45) is 17.8 Å². The van der Waals surface area contributed by atoms with E-state index in [0.29, 0.717) is 17.0 Å². The van der Waals surface area contributed by atoms with Gasteiger partial charge >= 0.3 is 0 Å². The van der Waals surface area contributed by atoms with Gasteiger partial charge in [0.2, 0.25) is 5.91 Å². The van der Waals surface area contributed by atoms with Crippen LogP contribution in [-0.2, 0) is 4.79 Å². The standard InChI is InChI=1S/C19H20N2OS/c1-11-3-5-15(7-12(11)2)17-10-23-19(20-17)21-18(22)16-9-13-4-6-14(16)8-13/h3-7,10,13-14,16H,8-9H2,1-2H3,(H,20,21,22)/t13-,14+,16-/m0/s1. The number of rotatable bonds is 3. The van der Waals surface area contributed by atoms with Crippen molar-refractivity contribution in [1.29, 1.82) is 0 Å². The number of aryl methyl sites for hydroxylation is 2. The van der Waals surface area contributed by atoms with E-state index in [-0.39, 0.29) is 11.8 Å². The fourth-order valence-corrected chi connectivity index (χ4v) is 4.37. The van der Waals surface area contributed by atoms with Gasteiger partial charge in [0, 0.05) is 16.9 Å². The van der Waals surface area contributed by atoms with Crippen LogP contribution < -0.4 is 5.32 Å². The van der Waals surface area contributed by atoms with Gasteiger partial charge in [0.05, 0.1) is 5.69 Å². The van der Waals surface area contributed by atoms with E-state index in [4.69, 9.17) is 0 Å². The van der Waals surface area contributed by atoms with Gasteiger partial charge in [0.1, 0.15) is 0 Å². The Morgan fingerprint density at radius 2 is 2.09 bits per heavy atom. The van der Waals surface area contributed by atoms with E-state index in [0.717, 1.165) is 24.1 Å². The summed E-state index contributed by atoms with van der Waals surface area (Å²) in [4.78, 5) is 17.1. The number of hydrogen-bond donors (Lipinski definition) is 1. The predicted octanol–water partition coefficient (Wildman–Crippen LogP) is 4.58. The number of anilines is 1. The first-order valence-corrected chi connectivity index (χ1v) is 9.00. The largest absolute Gasteiger partial charge is 0.302 e. The van der Waals surface area contributed by atoms with Crippen LogP contribution in [0.5, 0.6) is 0 Å². The second-order valence-electron chi connectivity index (χ2n) is 6.71. The molecular weight excluding hydrogens is 304 g/mol. The average molecular weight is 324 g/mol. The summed E-state index contributed by atoms with van der Waals surface area (Å²) in [6, 6.07) is 6.35. The predicted molar refractivity (Wildman–Crippen MR) is 94.5 cm³/mol. The molecule has 2 aliphatic carbocycles. The Morgan fingerprint density at radius 1 is 1.22 bits per heavy atom. The van der Waals surface area contributed by atoms with Crippen molar-refractivity contribution in [2.45, 2.75) is 26.7 Å². The Kier molecular flexibility index (Phi) is 3.57. The molecule has 1 N–H and O–H groups in total. The van der Waals surface area contributed by atoms with Gasteiger partial charge in [-0.25, -0.2) is 4.98 Å². The topological polar surface area (TPSA) is 42.0 Å². The minimum atomic E-state index is 0.124. The zero-order chi connectivity index (χ0) is 16.0. The number of allylic oxidation sites excluding steroid dienone is 2. The van der Waals surface area contributed by atoms with Crippen LogP contribution in [0.15, 0.2) is 35.7 Å². The number of carbonyl (C=O) groups excluding carboxylic acids is 1. The van der Waals surface area contributed by atoms with Gasteiger partial charge in [-0.2, -0.15) is 0 Å². The molecule has 23 heavy (non-hydrogen) atoms. The summed E-state index contributed by atoms with van der Waals surface area (Å²) in [6.45, 7) is 4.21. The number of hydrogen-bond acceptors (Lipinski definition) is 3. The molecule has 0 spiro atoms. The summed E-state index contributed by atoms with van der Waals surface area (Å²) < 4.78 is 0. The maximum absolute atomic E-state index is 12.5. The number of benzene rings is 1. The normalized spacial score (nSPS) is 25.0. The summed E-state index contributed by atoms with van der Waals surface area (Å²) in [7, 11) is 0. The van der Waals surface area contributed by atoms with Crippen LogP contribution in [0.1, 0.15) is 24.0 Å². The molecule has 3 nitrogen and oxygen atoms in total. The number of aromatic nitrogens is 1. The van der Waals surface area contributed by atoms with Crippen molar-refractivity contribution in [3.63, 3.8) is 0 Å². The van der Waals surface area contributed by atoms with Crippen LogP contribution in [0.25, 0.3) is 11.3 Å². The molecule has 1 fully saturated rings. The molecular formula is C19H20N2OS. The maximum atomic E-state index is 12.5. The van der Waals surface area contributed by atoms with Gasteiger partial charge < -0.3 is 5.32 Å². The van der Waals surface area contributed by atoms with E-state index in [1.54, 1.807) is 0 Å². The van der Waals surface area contributed by atoms with Crippen LogP contribution in [0.2, 0.25) is 0 Å². The third-order valence-electron chi connectivity index (χ3n) is 5.15. The quantitative estimate of drug-likeness (QED) is 0.840. The van der Waals surface area contributed by atoms with E-state index >= 15 is 0 Å². The van der Waals surface area contributed by atoms with Gasteiger partial charge in [0.15, 0.2) is 5.13 Å². The third kappa shape index (κ3) is 2.72. The Labute approximate surface area is 140 Å². The average Bonchev–Trinajstić information content (AvgIpc) is 3.26. The summed E-state index contributed by atoms with van der Waals surface area (Å²) in [5.74, 6) is 1.29. The minimum absolute atomic E-state index is 0.124. The highest BCUT2D eigenvalue weighted by atomic mass is 32.1. The van der Waals surface area contributed by atoms with Crippen LogP contribution in [0, 0.1) is 31.6 Å². The number of nitrogens with one attached hydrogen (secondary N) is 1. The first kappa shape index (κ1) is 14.6. The van der Waals surface area contributed by atoms with Gasteiger partial charge in [-0.3, -0.25) is 4.79 Å². The van der Waals surface area contributed by atoms with E-state index in [1.165, 1.54) is 22.5 Å². The van der Waals surface area contributed by atoms with Crippen LogP contribution >= 0.6 is 11.3 Å². The summed E-state index contributed by atoms with van der Waals surface area (Å²) in [5, 5.41) is 5.74. The van der Waals surface area contributed by atoms with Crippen LogP contribution in [-0.4, -0.2) is 10.9 Å². The third-order valence-corrected chi connectivity index (χ3v) is 5.91. The number of carbonyl (C=O) groups is 1. The highest BCUT2D eigenvalue weighted by molar-refractivity contribution is 7.14. The van der Waals surface area contributed by atoms with Gasteiger partial charge in [0.25, 0.3) is 0 Å². The summed E-state index contributed by atoms with van der Waals surface area (Å²) >= 11 is 1.50. The van der Waals surface area contributed by atoms with Crippen molar-refractivity contribution < 1.29 is 4.79 Å². The zero-order valence-electron chi connectivity index (χ0n) is 13.4. The molecule has 0 aliphatic heterocycles. The highest BCUT2D eigenvalue weighted by Crippen LogP contribution is 2.43. The second kappa shape index (κ2) is 5.60. The maximum Gasteiger partial charge on any atom is 0.229 e. The molecule has 118 valence electrons. The molecule has 4 heteroatoms. The monoisotopic (exact) mass is 324 g/mol. The zero-order valence-corrected chi connectivity index (χ0v) is 14.2. The molecule has 0 unspecified atom stereocenters. The number of fused-ring (bicyclic) bond motifs is 2. The van der Waals surface area contributed by atoms with Crippen molar-refractivity contribution in [3.8, 4) is 11.3 Å². The molecule has 0 radical (unpaired) electrons. The number of nitrogens with zero attached hydrogens (tertiary/aromatic N) is 1. The number of thiazole rings is 1. The lowest BCUT2D eigenvalue weighted by Gasteiger charge is -2.16. The van der Waals surface area contributed by atoms with Crippen molar-refractivity contribution in [1.82, 2.24) is 4.98 Å². The minimum Gasteiger partial charge on any atom is -0.302 e. The molecule has 1 aromatic carbocycles. The molecule has 3 atom stereocenters. The molecule has 1 heterocycles.